The van der Waals surface area contributed by atoms with Gasteiger partial charge in [0, 0.05) is 50.5 Å². The molecule has 0 aromatic heterocycles. The van der Waals surface area contributed by atoms with Gasteiger partial charge in [-0.1, -0.05) is 12.1 Å². The van der Waals surface area contributed by atoms with Gasteiger partial charge in [-0.25, -0.2) is 0 Å². The lowest BCUT2D eigenvalue weighted by Crippen LogP contribution is -2.44. The number of nitrogens with one attached hydrogen (secondary N) is 1. The lowest BCUT2D eigenvalue weighted by atomic mass is 10.2. The quantitative estimate of drug-likeness (QED) is 0.508. The first kappa shape index (κ1) is 17.2. The van der Waals surface area contributed by atoms with Gasteiger partial charge in [-0.15, -0.1) is 11.6 Å². The second-order valence-electron chi connectivity index (χ2n) is 5.46. The maximum absolute atomic E-state index is 11.8. The van der Waals surface area contributed by atoms with E-state index in [2.05, 4.69) is 41.4 Å². The highest BCUT2D eigenvalue weighted by atomic mass is 35.5. The second kappa shape index (κ2) is 8.44. The molecule has 0 bridgehead atoms. The summed E-state index contributed by atoms with van der Waals surface area (Å²) in [6, 6.07) is 10.4. The van der Waals surface area contributed by atoms with E-state index < -0.39 is 0 Å². The first-order chi connectivity index (χ1) is 11.1. The summed E-state index contributed by atoms with van der Waals surface area (Å²) in [7, 11) is 0. The summed E-state index contributed by atoms with van der Waals surface area (Å²) < 4.78 is 0. The van der Waals surface area contributed by atoms with Gasteiger partial charge in [0.25, 0.3) is 5.91 Å². The van der Waals surface area contributed by atoms with Crippen molar-refractivity contribution in [3.8, 4) is 6.07 Å². The van der Waals surface area contributed by atoms with Gasteiger partial charge in [0.05, 0.1) is 0 Å². The molecule has 1 fully saturated rings. The van der Waals surface area contributed by atoms with Crippen molar-refractivity contribution in [2.75, 3.05) is 43.5 Å². The molecule has 1 N–H and O–H groups in total. The average Bonchev–Trinajstić information content (AvgIpc) is 2.58. The minimum Gasteiger partial charge on any atom is -0.373 e. The van der Waals surface area contributed by atoms with Crippen molar-refractivity contribution in [2.45, 2.75) is 6.92 Å². The number of hydrogen-bond donors (Lipinski definition) is 1. The highest BCUT2D eigenvalue weighted by molar-refractivity contribution is 6.18. The molecule has 1 aromatic rings. The summed E-state index contributed by atoms with van der Waals surface area (Å²) in [5.74, 6) is -0.0335. The molecule has 0 atom stereocenters. The first-order valence-corrected chi connectivity index (χ1v) is 8.19. The van der Waals surface area contributed by atoms with Crippen molar-refractivity contribution in [3.63, 3.8) is 0 Å². The number of halogens is 1. The number of rotatable bonds is 5. The van der Waals surface area contributed by atoms with E-state index in [9.17, 15) is 4.79 Å². The molecule has 0 unspecified atom stereocenters. The van der Waals surface area contributed by atoms with Gasteiger partial charge < -0.3 is 15.1 Å². The molecule has 122 valence electrons. The summed E-state index contributed by atoms with van der Waals surface area (Å²) in [5, 5.41) is 11.8. The zero-order chi connectivity index (χ0) is 16.7. The van der Waals surface area contributed by atoms with Gasteiger partial charge >= 0.3 is 0 Å². The summed E-state index contributed by atoms with van der Waals surface area (Å²) >= 11 is 5.54. The molecule has 6 heteroatoms. The highest BCUT2D eigenvalue weighted by Gasteiger charge is 2.17. The molecular weight excluding hydrogens is 312 g/mol. The second-order valence-corrected chi connectivity index (χ2v) is 5.84. The minimum atomic E-state index is -0.366. The van der Waals surface area contributed by atoms with Crippen LogP contribution in [0.1, 0.15) is 5.56 Å². The number of amides is 1. The zero-order valence-corrected chi connectivity index (χ0v) is 14.0. The number of nitriles is 1. The smallest absolute Gasteiger partial charge is 0.263 e. The zero-order valence-electron chi connectivity index (χ0n) is 13.3. The highest BCUT2D eigenvalue weighted by Crippen LogP contribution is 2.18. The normalized spacial score (nSPS) is 15.3. The van der Waals surface area contributed by atoms with Gasteiger partial charge in [0.1, 0.15) is 11.6 Å². The van der Waals surface area contributed by atoms with Gasteiger partial charge in [0.2, 0.25) is 0 Å². The van der Waals surface area contributed by atoms with Crippen LogP contribution in [0.15, 0.2) is 36.0 Å². The van der Waals surface area contributed by atoms with Crippen LogP contribution in [0.3, 0.4) is 0 Å². The molecule has 2 rings (SSSR count). The molecule has 5 nitrogen and oxygen atoms in total. The van der Waals surface area contributed by atoms with Crippen molar-refractivity contribution in [2.24, 2.45) is 0 Å². The van der Waals surface area contributed by atoms with E-state index in [4.69, 9.17) is 16.9 Å². The molecule has 23 heavy (non-hydrogen) atoms. The van der Waals surface area contributed by atoms with Crippen LogP contribution in [0.25, 0.3) is 0 Å². The summed E-state index contributed by atoms with van der Waals surface area (Å²) in [4.78, 5) is 16.2. The van der Waals surface area contributed by atoms with Gasteiger partial charge in [0.15, 0.2) is 0 Å². The largest absolute Gasteiger partial charge is 0.373 e. The third kappa shape index (κ3) is 4.90. The molecule has 0 aliphatic carbocycles. The van der Waals surface area contributed by atoms with Crippen LogP contribution in [0.2, 0.25) is 0 Å². The van der Waals surface area contributed by atoms with Crippen LogP contribution in [-0.4, -0.2) is 49.4 Å². The Morgan fingerprint density at radius 1 is 1.39 bits per heavy atom. The number of alkyl halides is 1. The lowest BCUT2D eigenvalue weighted by Gasteiger charge is -2.35. The monoisotopic (exact) mass is 332 g/mol. The van der Waals surface area contributed by atoms with E-state index in [1.54, 1.807) is 6.20 Å². The van der Waals surface area contributed by atoms with E-state index in [1.165, 1.54) is 11.3 Å². The number of anilines is 1. The molecule has 1 heterocycles. The maximum Gasteiger partial charge on any atom is 0.263 e. The Balaban J connectivity index is 1.94. The van der Waals surface area contributed by atoms with Crippen molar-refractivity contribution < 1.29 is 4.79 Å². The summed E-state index contributed by atoms with van der Waals surface area (Å²) in [6.45, 7) is 5.73. The molecule has 1 aliphatic heterocycles. The molecule has 0 saturated carbocycles. The lowest BCUT2D eigenvalue weighted by molar-refractivity contribution is -0.117. The van der Waals surface area contributed by atoms with Crippen molar-refractivity contribution in [3.05, 3.63) is 41.6 Å². The van der Waals surface area contributed by atoms with Gasteiger partial charge in [-0.2, -0.15) is 5.26 Å². The molecule has 1 saturated heterocycles. The fourth-order valence-electron chi connectivity index (χ4n) is 2.51. The molecule has 1 aliphatic rings. The van der Waals surface area contributed by atoms with Crippen LogP contribution >= 0.6 is 11.6 Å². The number of piperazine rings is 1. The number of carbonyl (C=O) groups is 1. The Bertz CT molecular complexity index is 615. The number of carbonyl (C=O) groups excluding carboxylic acids is 1. The SMILES string of the molecule is Cc1cccc(N2CCN(/C=C(/C#N)C(=O)NCCCl)CC2)c1. The summed E-state index contributed by atoms with van der Waals surface area (Å²) in [6.07, 6.45) is 1.65. The molecule has 0 spiro atoms. The maximum atomic E-state index is 11.8. The molecule has 0 radical (unpaired) electrons. The number of hydrogen-bond acceptors (Lipinski definition) is 4. The Hall–Kier alpha value is -2.19. The topological polar surface area (TPSA) is 59.4 Å². The van der Waals surface area contributed by atoms with Gasteiger partial charge in [-0.05, 0) is 24.6 Å². The third-order valence-corrected chi connectivity index (χ3v) is 3.93. The van der Waals surface area contributed by atoms with Crippen LogP contribution in [0.5, 0.6) is 0 Å². The average molecular weight is 333 g/mol. The van der Waals surface area contributed by atoms with Crippen LogP contribution in [-0.2, 0) is 4.79 Å². The first-order valence-electron chi connectivity index (χ1n) is 7.66. The van der Waals surface area contributed by atoms with Crippen molar-refractivity contribution in [1.29, 1.82) is 5.26 Å². The molecule has 1 aromatic carbocycles. The fraction of sp³-hybridized carbons (Fsp3) is 0.412. The van der Waals surface area contributed by atoms with Crippen LogP contribution < -0.4 is 10.2 Å². The minimum absolute atomic E-state index is 0.124. The van der Waals surface area contributed by atoms with E-state index in [0.717, 1.165) is 26.2 Å². The molecule has 1 amide bonds. The van der Waals surface area contributed by atoms with E-state index >= 15 is 0 Å². The standard InChI is InChI=1S/C17H21ClN4O/c1-14-3-2-4-16(11-14)22-9-7-21(8-10-22)13-15(12-19)17(23)20-6-5-18/h2-4,11,13H,5-10H2,1H3,(H,20,23)/b15-13-. The summed E-state index contributed by atoms with van der Waals surface area (Å²) in [5.41, 5.74) is 2.58. The Morgan fingerprint density at radius 2 is 2.13 bits per heavy atom. The number of benzene rings is 1. The Morgan fingerprint density at radius 3 is 2.74 bits per heavy atom. The predicted molar refractivity (Wildman–Crippen MR) is 92.4 cm³/mol. The fourth-order valence-corrected chi connectivity index (χ4v) is 2.61. The third-order valence-electron chi connectivity index (χ3n) is 3.74. The van der Waals surface area contributed by atoms with E-state index in [1.807, 2.05) is 11.0 Å². The number of nitrogens with zero attached hydrogens (tertiary/aromatic N) is 3. The van der Waals surface area contributed by atoms with Gasteiger partial charge in [-0.3, -0.25) is 4.79 Å². The van der Waals surface area contributed by atoms with Crippen LogP contribution in [0, 0.1) is 18.3 Å². The number of aryl methyl sites for hydroxylation is 1. The molecular formula is C17H21ClN4O. The van der Waals surface area contributed by atoms with E-state index in [0.29, 0.717) is 12.4 Å². The van der Waals surface area contributed by atoms with E-state index in [-0.39, 0.29) is 11.5 Å². The predicted octanol–water partition coefficient (Wildman–Crippen LogP) is 1.88. The van der Waals surface area contributed by atoms with Crippen molar-refractivity contribution >= 4 is 23.2 Å². The Kier molecular flexibility index (Phi) is 6.30. The van der Waals surface area contributed by atoms with Crippen LogP contribution in [0.4, 0.5) is 5.69 Å². The Labute approximate surface area is 142 Å². The van der Waals surface area contributed by atoms with Crippen molar-refractivity contribution in [1.82, 2.24) is 10.2 Å².